The van der Waals surface area contributed by atoms with E-state index in [1.54, 1.807) is 43.0 Å². The van der Waals surface area contributed by atoms with E-state index in [4.69, 9.17) is 0 Å². The van der Waals surface area contributed by atoms with Crippen molar-refractivity contribution in [1.29, 1.82) is 0 Å². The van der Waals surface area contributed by atoms with E-state index in [1.165, 1.54) is 6.26 Å². The molecule has 0 saturated heterocycles. The molecule has 3 aromatic heterocycles. The maximum atomic E-state index is 11.6. The monoisotopic (exact) mass is 439 g/mol. The number of hydrogen-bond acceptors (Lipinski definition) is 6. The van der Waals surface area contributed by atoms with Crippen molar-refractivity contribution in [2.24, 2.45) is 0 Å². The summed E-state index contributed by atoms with van der Waals surface area (Å²) in [6.07, 6.45) is 6.31. The molecule has 0 atom stereocenters. The molecule has 0 fully saturated rings. The number of anilines is 2. The number of aromatic nitrogens is 4. The summed E-state index contributed by atoms with van der Waals surface area (Å²) in [6, 6.07) is 16.1. The lowest BCUT2D eigenvalue weighted by molar-refractivity contribution is 0.602. The Labute approximate surface area is 184 Å². The summed E-state index contributed by atoms with van der Waals surface area (Å²) in [4.78, 5) is 16.5. The fourth-order valence-corrected chi connectivity index (χ4v) is 3.94. The van der Waals surface area contributed by atoms with E-state index in [0.29, 0.717) is 11.5 Å². The SMILES string of the molecule is CS(=O)(=O)c1ccc(Nc2cc3c(C#Cc4ccc5nc[nH]c5c4)nccc3cn2)cc1. The molecule has 32 heavy (non-hydrogen) atoms. The molecule has 3 heterocycles. The molecule has 0 aliphatic heterocycles. The van der Waals surface area contributed by atoms with Gasteiger partial charge in [-0.2, -0.15) is 0 Å². The molecular weight excluding hydrogens is 422 g/mol. The quantitative estimate of drug-likeness (QED) is 0.411. The van der Waals surface area contributed by atoms with Gasteiger partial charge in [-0.15, -0.1) is 0 Å². The second-order valence-electron chi connectivity index (χ2n) is 7.26. The van der Waals surface area contributed by atoms with Crippen LogP contribution in [0.25, 0.3) is 21.8 Å². The fraction of sp³-hybridized carbons (Fsp3) is 0.0417. The van der Waals surface area contributed by atoms with E-state index in [-0.39, 0.29) is 4.90 Å². The largest absolute Gasteiger partial charge is 0.345 e. The molecule has 5 aromatic rings. The van der Waals surface area contributed by atoms with Crippen LogP contribution < -0.4 is 5.32 Å². The Kier molecular flexibility index (Phi) is 4.81. The number of hydrogen-bond donors (Lipinski definition) is 2. The molecule has 5 rings (SSSR count). The second-order valence-corrected chi connectivity index (χ2v) is 9.27. The number of nitrogens with one attached hydrogen (secondary N) is 2. The second kappa shape index (κ2) is 7.80. The number of imidazole rings is 1. The third-order valence-corrected chi connectivity index (χ3v) is 6.08. The average molecular weight is 440 g/mol. The minimum atomic E-state index is -3.24. The van der Waals surface area contributed by atoms with Gasteiger partial charge < -0.3 is 10.3 Å². The molecule has 2 aromatic carbocycles. The lowest BCUT2D eigenvalue weighted by Gasteiger charge is -2.08. The number of rotatable bonds is 3. The van der Waals surface area contributed by atoms with Gasteiger partial charge in [0, 0.05) is 40.7 Å². The third kappa shape index (κ3) is 4.02. The van der Waals surface area contributed by atoms with E-state index in [9.17, 15) is 8.42 Å². The molecule has 7 nitrogen and oxygen atoms in total. The molecule has 0 aliphatic carbocycles. The van der Waals surface area contributed by atoms with E-state index >= 15 is 0 Å². The molecule has 0 aliphatic rings. The molecule has 0 saturated carbocycles. The zero-order chi connectivity index (χ0) is 22.1. The Bertz CT molecular complexity index is 1630. The molecule has 0 unspecified atom stereocenters. The lowest BCUT2D eigenvalue weighted by atomic mass is 10.1. The topological polar surface area (TPSA) is 101 Å². The Hall–Kier alpha value is -4.22. The lowest BCUT2D eigenvalue weighted by Crippen LogP contribution is -1.98. The number of pyridine rings is 2. The minimum Gasteiger partial charge on any atom is -0.345 e. The van der Waals surface area contributed by atoms with Gasteiger partial charge in [-0.3, -0.25) is 0 Å². The molecule has 0 amide bonds. The van der Waals surface area contributed by atoms with Crippen LogP contribution in [0.2, 0.25) is 0 Å². The zero-order valence-corrected chi connectivity index (χ0v) is 17.8. The molecule has 8 heteroatoms. The summed E-state index contributed by atoms with van der Waals surface area (Å²) in [7, 11) is -3.24. The average Bonchev–Trinajstić information content (AvgIpc) is 3.25. The van der Waals surface area contributed by atoms with Gasteiger partial charge in [0.05, 0.1) is 22.3 Å². The molecule has 156 valence electrons. The Morgan fingerprint density at radius 2 is 1.78 bits per heavy atom. The van der Waals surface area contributed by atoms with Crippen molar-refractivity contribution in [1.82, 2.24) is 19.9 Å². The fourth-order valence-electron chi connectivity index (χ4n) is 3.31. The number of aromatic amines is 1. The Morgan fingerprint density at radius 3 is 2.59 bits per heavy atom. The van der Waals surface area contributed by atoms with E-state index in [2.05, 4.69) is 37.1 Å². The van der Waals surface area contributed by atoms with Gasteiger partial charge in [0.1, 0.15) is 11.5 Å². The van der Waals surface area contributed by atoms with Gasteiger partial charge in [-0.1, -0.05) is 5.92 Å². The number of fused-ring (bicyclic) bond motifs is 2. The summed E-state index contributed by atoms with van der Waals surface area (Å²) in [5.74, 6) is 6.94. The van der Waals surface area contributed by atoms with Gasteiger partial charge in [-0.25, -0.2) is 23.4 Å². The zero-order valence-electron chi connectivity index (χ0n) is 17.0. The van der Waals surface area contributed by atoms with E-state index < -0.39 is 9.84 Å². The van der Waals surface area contributed by atoms with Crippen LogP contribution in [0.4, 0.5) is 11.5 Å². The predicted octanol–water partition coefficient (Wildman–Crippen LogP) is 4.05. The van der Waals surface area contributed by atoms with Crippen LogP contribution in [0.5, 0.6) is 0 Å². The first-order chi connectivity index (χ1) is 15.5. The Balaban J connectivity index is 1.47. The van der Waals surface area contributed by atoms with Crippen molar-refractivity contribution >= 4 is 43.1 Å². The maximum absolute atomic E-state index is 11.6. The summed E-state index contributed by atoms with van der Waals surface area (Å²) in [5.41, 5.74) is 4.06. The van der Waals surface area contributed by atoms with Gasteiger partial charge >= 0.3 is 0 Å². The van der Waals surface area contributed by atoms with Crippen molar-refractivity contribution < 1.29 is 8.42 Å². The molecule has 0 radical (unpaired) electrons. The first-order valence-corrected chi connectivity index (χ1v) is 11.6. The normalized spacial score (nSPS) is 11.3. The number of nitrogens with zero attached hydrogens (tertiary/aromatic N) is 3. The molecule has 0 bridgehead atoms. The highest BCUT2D eigenvalue weighted by Crippen LogP contribution is 2.23. The van der Waals surface area contributed by atoms with E-state index in [1.807, 2.05) is 30.3 Å². The van der Waals surface area contributed by atoms with Crippen LogP contribution in [-0.4, -0.2) is 34.6 Å². The van der Waals surface area contributed by atoms with Gasteiger partial charge in [0.15, 0.2) is 9.84 Å². The van der Waals surface area contributed by atoms with Crippen molar-refractivity contribution in [2.75, 3.05) is 11.6 Å². The standard InChI is InChI=1S/C24H17N5O2S/c1-32(30,31)19-6-4-18(5-7-19)29-24-13-20-17(14-26-24)10-11-25-21(20)8-2-16-3-9-22-23(12-16)28-15-27-22/h3-7,9-15H,1H3,(H,26,29)(H,27,28). The molecule has 0 spiro atoms. The number of benzene rings is 2. The predicted molar refractivity (Wildman–Crippen MR) is 124 cm³/mol. The maximum Gasteiger partial charge on any atom is 0.175 e. The smallest absolute Gasteiger partial charge is 0.175 e. The first-order valence-electron chi connectivity index (χ1n) is 9.73. The van der Waals surface area contributed by atoms with Crippen LogP contribution >= 0.6 is 0 Å². The number of sulfone groups is 1. The summed E-state index contributed by atoms with van der Waals surface area (Å²) >= 11 is 0. The van der Waals surface area contributed by atoms with Crippen LogP contribution in [0, 0.1) is 11.8 Å². The van der Waals surface area contributed by atoms with Crippen molar-refractivity contribution in [3.05, 3.63) is 84.6 Å². The van der Waals surface area contributed by atoms with Crippen LogP contribution in [0.3, 0.4) is 0 Å². The van der Waals surface area contributed by atoms with Gasteiger partial charge in [0.2, 0.25) is 0 Å². The van der Waals surface area contributed by atoms with Gasteiger partial charge in [-0.05, 0) is 60.5 Å². The van der Waals surface area contributed by atoms with Crippen LogP contribution in [0.15, 0.2) is 78.2 Å². The van der Waals surface area contributed by atoms with Crippen LogP contribution in [-0.2, 0) is 9.84 Å². The summed E-state index contributed by atoms with van der Waals surface area (Å²) in [6.45, 7) is 0. The van der Waals surface area contributed by atoms with Crippen molar-refractivity contribution in [3.63, 3.8) is 0 Å². The molecular formula is C24H17N5O2S. The third-order valence-electron chi connectivity index (χ3n) is 4.95. The molecule has 2 N–H and O–H groups in total. The minimum absolute atomic E-state index is 0.268. The van der Waals surface area contributed by atoms with Crippen LogP contribution in [0.1, 0.15) is 11.3 Å². The number of H-pyrrole nitrogens is 1. The van der Waals surface area contributed by atoms with Crippen molar-refractivity contribution in [3.8, 4) is 11.8 Å². The Morgan fingerprint density at radius 1 is 0.938 bits per heavy atom. The highest BCUT2D eigenvalue weighted by Gasteiger charge is 2.07. The highest BCUT2D eigenvalue weighted by atomic mass is 32.2. The van der Waals surface area contributed by atoms with Crippen molar-refractivity contribution in [2.45, 2.75) is 4.90 Å². The van der Waals surface area contributed by atoms with E-state index in [0.717, 1.165) is 33.1 Å². The summed E-state index contributed by atoms with van der Waals surface area (Å²) < 4.78 is 23.3. The summed E-state index contributed by atoms with van der Waals surface area (Å²) in [5, 5.41) is 4.99. The highest BCUT2D eigenvalue weighted by molar-refractivity contribution is 7.90. The first kappa shape index (κ1) is 19.7. The van der Waals surface area contributed by atoms with Gasteiger partial charge in [0.25, 0.3) is 0 Å².